The molecule has 4 nitrogen and oxygen atoms in total. The zero-order chi connectivity index (χ0) is 8.10. The third-order valence-electron chi connectivity index (χ3n) is 1.79. The Hall–Kier alpha value is -0.450. The van der Waals surface area contributed by atoms with Gasteiger partial charge in [0.15, 0.2) is 0 Å². The normalized spacial score (nSPS) is 23.0. The van der Waals surface area contributed by atoms with Crippen LogP contribution in [0.2, 0.25) is 0 Å². The van der Waals surface area contributed by atoms with Crippen molar-refractivity contribution in [2.24, 2.45) is 5.73 Å². The molecule has 0 aromatic carbocycles. The molecule has 1 saturated heterocycles. The summed E-state index contributed by atoms with van der Waals surface area (Å²) < 4.78 is 5.18. The molecule has 64 valence electrons. The zero-order valence-corrected chi connectivity index (χ0v) is 6.62. The molecule has 1 aliphatic rings. The van der Waals surface area contributed by atoms with Crippen LogP contribution in [0.5, 0.6) is 0 Å². The summed E-state index contributed by atoms with van der Waals surface area (Å²) in [6.45, 7) is 4.27. The smallest absolute Gasteiger partial charge is 0.0594 e. The van der Waals surface area contributed by atoms with Crippen LogP contribution in [0.15, 0.2) is 0 Å². The monoisotopic (exact) mass is 157 g/mol. The first-order valence-electron chi connectivity index (χ1n) is 3.89. The topological polar surface area (TPSA) is 62.3 Å². The minimum Gasteiger partial charge on any atom is -0.379 e. The van der Waals surface area contributed by atoms with Crippen molar-refractivity contribution in [3.8, 4) is 0 Å². The molecule has 0 spiro atoms. The van der Waals surface area contributed by atoms with Gasteiger partial charge >= 0.3 is 0 Å². The largest absolute Gasteiger partial charge is 0.379 e. The Morgan fingerprint density at radius 1 is 1.55 bits per heavy atom. The van der Waals surface area contributed by atoms with E-state index in [1.807, 2.05) is 0 Å². The number of nitrogens with one attached hydrogen (secondary N) is 1. The second-order valence-electron chi connectivity index (χ2n) is 2.74. The summed E-state index contributed by atoms with van der Waals surface area (Å²) in [6, 6.07) is -0.118. The van der Waals surface area contributed by atoms with Crippen LogP contribution in [-0.2, 0) is 4.74 Å². The second-order valence-corrected chi connectivity index (χ2v) is 2.74. The van der Waals surface area contributed by atoms with Gasteiger partial charge in [-0.25, -0.2) is 0 Å². The van der Waals surface area contributed by atoms with Crippen molar-refractivity contribution < 1.29 is 4.74 Å². The van der Waals surface area contributed by atoms with E-state index in [4.69, 9.17) is 15.9 Å². The molecule has 0 radical (unpaired) electrons. The van der Waals surface area contributed by atoms with E-state index in [0.717, 1.165) is 32.8 Å². The lowest BCUT2D eigenvalue weighted by atomic mass is 10.3. The molecule has 4 heteroatoms. The molecule has 0 saturated carbocycles. The summed E-state index contributed by atoms with van der Waals surface area (Å²) >= 11 is 0. The fraction of sp³-hybridized carbons (Fsp3) is 0.857. The van der Waals surface area contributed by atoms with Crippen LogP contribution in [0, 0.1) is 5.41 Å². The lowest BCUT2D eigenvalue weighted by Gasteiger charge is -2.27. The lowest BCUT2D eigenvalue weighted by Crippen LogP contribution is -2.44. The summed E-state index contributed by atoms with van der Waals surface area (Å²) in [5, 5.41) is 6.92. The van der Waals surface area contributed by atoms with Crippen LogP contribution < -0.4 is 5.73 Å². The maximum Gasteiger partial charge on any atom is 0.0594 e. The number of hydrogen-bond donors (Lipinski definition) is 2. The predicted octanol–water partition coefficient (Wildman–Crippen LogP) is -0.705. The van der Waals surface area contributed by atoms with Crippen LogP contribution in [0.3, 0.4) is 0 Å². The van der Waals surface area contributed by atoms with Gasteiger partial charge in [0.25, 0.3) is 0 Å². The highest BCUT2D eigenvalue weighted by Crippen LogP contribution is 1.96. The summed E-state index contributed by atoms with van der Waals surface area (Å²) in [4.78, 5) is 2.22. The fourth-order valence-corrected chi connectivity index (χ4v) is 1.13. The Labute approximate surface area is 66.8 Å². The van der Waals surface area contributed by atoms with Gasteiger partial charge in [-0.05, 0) is 0 Å². The van der Waals surface area contributed by atoms with Gasteiger partial charge < -0.3 is 15.9 Å². The highest BCUT2D eigenvalue weighted by molar-refractivity contribution is 5.60. The SMILES string of the molecule is N=CC(N)CN1CCOCC1. The molecular formula is C7H15N3O. The number of nitrogens with zero attached hydrogens (tertiary/aromatic N) is 1. The molecule has 1 aliphatic heterocycles. The van der Waals surface area contributed by atoms with Crippen LogP contribution in [0.1, 0.15) is 0 Å². The zero-order valence-electron chi connectivity index (χ0n) is 6.62. The van der Waals surface area contributed by atoms with E-state index in [1.54, 1.807) is 0 Å². The van der Waals surface area contributed by atoms with Crippen molar-refractivity contribution in [2.75, 3.05) is 32.8 Å². The molecule has 1 rings (SSSR count). The first kappa shape index (κ1) is 8.64. The Bertz CT molecular complexity index is 123. The Kier molecular flexibility index (Phi) is 3.48. The summed E-state index contributed by atoms with van der Waals surface area (Å²) in [6.07, 6.45) is 1.29. The van der Waals surface area contributed by atoms with Gasteiger partial charge in [0.2, 0.25) is 0 Å². The molecule has 0 aromatic rings. The fourth-order valence-electron chi connectivity index (χ4n) is 1.13. The van der Waals surface area contributed by atoms with Gasteiger partial charge in [0.05, 0.1) is 19.3 Å². The minimum absolute atomic E-state index is 0.118. The third kappa shape index (κ3) is 2.96. The highest BCUT2D eigenvalue weighted by atomic mass is 16.5. The van der Waals surface area contributed by atoms with Gasteiger partial charge in [-0.3, -0.25) is 4.90 Å². The number of hydrogen-bond acceptors (Lipinski definition) is 4. The average molecular weight is 157 g/mol. The maximum absolute atomic E-state index is 6.92. The van der Waals surface area contributed by atoms with E-state index in [1.165, 1.54) is 6.21 Å². The second kappa shape index (κ2) is 4.43. The van der Waals surface area contributed by atoms with Crippen LogP contribution in [0.25, 0.3) is 0 Å². The quantitative estimate of drug-likeness (QED) is 0.532. The predicted molar refractivity (Wildman–Crippen MR) is 44.0 cm³/mol. The molecule has 11 heavy (non-hydrogen) atoms. The lowest BCUT2D eigenvalue weighted by molar-refractivity contribution is 0.0378. The molecule has 0 aromatic heterocycles. The van der Waals surface area contributed by atoms with E-state index in [-0.39, 0.29) is 6.04 Å². The third-order valence-corrected chi connectivity index (χ3v) is 1.79. The van der Waals surface area contributed by atoms with Crippen LogP contribution in [0.4, 0.5) is 0 Å². The van der Waals surface area contributed by atoms with E-state index >= 15 is 0 Å². The summed E-state index contributed by atoms with van der Waals surface area (Å²) in [5.74, 6) is 0. The van der Waals surface area contributed by atoms with Gasteiger partial charge in [-0.2, -0.15) is 0 Å². The first-order valence-corrected chi connectivity index (χ1v) is 3.89. The maximum atomic E-state index is 6.92. The van der Waals surface area contributed by atoms with Crippen molar-refractivity contribution in [3.05, 3.63) is 0 Å². The molecule has 1 fully saturated rings. The van der Waals surface area contributed by atoms with Gasteiger partial charge in [-0.15, -0.1) is 0 Å². The standard InChI is InChI=1S/C7H15N3O/c8-5-7(9)6-10-1-3-11-4-2-10/h5,7-8H,1-4,6,9H2. The van der Waals surface area contributed by atoms with Crippen molar-refractivity contribution in [1.29, 1.82) is 5.41 Å². The Balaban J connectivity index is 2.18. The van der Waals surface area contributed by atoms with E-state index < -0.39 is 0 Å². The highest BCUT2D eigenvalue weighted by Gasteiger charge is 2.11. The molecule has 0 amide bonds. The number of nitrogens with two attached hydrogens (primary N) is 1. The molecular weight excluding hydrogens is 142 g/mol. The molecule has 0 aliphatic carbocycles. The first-order chi connectivity index (χ1) is 5.33. The van der Waals surface area contributed by atoms with E-state index in [9.17, 15) is 0 Å². The van der Waals surface area contributed by atoms with Crippen LogP contribution in [-0.4, -0.2) is 50.0 Å². The molecule has 1 heterocycles. The molecule has 0 bridgehead atoms. The number of morpholine rings is 1. The Morgan fingerprint density at radius 2 is 2.18 bits per heavy atom. The van der Waals surface area contributed by atoms with E-state index in [0.29, 0.717) is 0 Å². The van der Waals surface area contributed by atoms with Crippen molar-refractivity contribution in [3.63, 3.8) is 0 Å². The Morgan fingerprint density at radius 3 is 2.73 bits per heavy atom. The minimum atomic E-state index is -0.118. The number of ether oxygens (including phenoxy) is 1. The van der Waals surface area contributed by atoms with Crippen molar-refractivity contribution in [1.82, 2.24) is 4.90 Å². The number of rotatable bonds is 3. The summed E-state index contributed by atoms with van der Waals surface area (Å²) in [5.41, 5.74) is 5.58. The van der Waals surface area contributed by atoms with Gasteiger partial charge in [-0.1, -0.05) is 0 Å². The molecule has 1 atom stereocenters. The van der Waals surface area contributed by atoms with Crippen LogP contribution >= 0.6 is 0 Å². The molecule has 3 N–H and O–H groups in total. The van der Waals surface area contributed by atoms with E-state index in [2.05, 4.69) is 4.90 Å². The van der Waals surface area contributed by atoms with Gasteiger partial charge in [0, 0.05) is 25.8 Å². The van der Waals surface area contributed by atoms with Gasteiger partial charge in [0.1, 0.15) is 0 Å². The van der Waals surface area contributed by atoms with Crippen molar-refractivity contribution >= 4 is 6.21 Å². The molecule has 1 unspecified atom stereocenters. The average Bonchev–Trinajstić information content (AvgIpc) is 2.06. The van der Waals surface area contributed by atoms with Crippen molar-refractivity contribution in [2.45, 2.75) is 6.04 Å². The summed E-state index contributed by atoms with van der Waals surface area (Å²) in [7, 11) is 0.